The molecule has 0 radical (unpaired) electrons. The number of hydrogen-bond donors (Lipinski definition) is 2. The standard InChI is InChI=1S/C13H9NO2.C2H6/c14-11-5-9-7-3-1-2-4-8(7)13(16)10(9)6-12(11)15;1-2/h1-6,15H,14H2;1-2H3. The van der Waals surface area contributed by atoms with Crippen LogP contribution in [0, 0.1) is 0 Å². The monoisotopic (exact) mass is 241 g/mol. The number of carbonyl (C=O) groups excluding carboxylic acids is 1. The number of nitrogens with two attached hydrogens (primary N) is 1. The van der Waals surface area contributed by atoms with Gasteiger partial charge in [0.15, 0.2) is 5.78 Å². The van der Waals surface area contributed by atoms with Gasteiger partial charge in [-0.3, -0.25) is 4.79 Å². The number of ketones is 1. The van der Waals surface area contributed by atoms with Gasteiger partial charge in [0.25, 0.3) is 0 Å². The fraction of sp³-hybridized carbons (Fsp3) is 0.133. The molecule has 0 bridgehead atoms. The fourth-order valence-corrected chi connectivity index (χ4v) is 2.08. The summed E-state index contributed by atoms with van der Waals surface area (Å²) in [6.45, 7) is 4.00. The van der Waals surface area contributed by atoms with Gasteiger partial charge in [0, 0.05) is 11.1 Å². The zero-order valence-corrected chi connectivity index (χ0v) is 10.4. The van der Waals surface area contributed by atoms with Crippen molar-refractivity contribution in [2.75, 3.05) is 5.73 Å². The molecule has 3 heteroatoms. The van der Waals surface area contributed by atoms with Gasteiger partial charge in [-0.1, -0.05) is 38.1 Å². The fourth-order valence-electron chi connectivity index (χ4n) is 2.08. The number of fused-ring (bicyclic) bond motifs is 3. The Morgan fingerprint density at radius 1 is 0.944 bits per heavy atom. The molecule has 0 atom stereocenters. The van der Waals surface area contributed by atoms with Crippen LogP contribution in [0.5, 0.6) is 5.75 Å². The van der Waals surface area contributed by atoms with Crippen molar-refractivity contribution in [3.63, 3.8) is 0 Å². The molecule has 0 amide bonds. The lowest BCUT2D eigenvalue weighted by Gasteiger charge is -2.03. The van der Waals surface area contributed by atoms with Crippen LogP contribution in [0.4, 0.5) is 5.69 Å². The molecule has 0 aromatic heterocycles. The van der Waals surface area contributed by atoms with Crippen molar-refractivity contribution in [2.45, 2.75) is 13.8 Å². The largest absolute Gasteiger partial charge is 0.506 e. The van der Waals surface area contributed by atoms with E-state index >= 15 is 0 Å². The maximum atomic E-state index is 12.0. The summed E-state index contributed by atoms with van der Waals surface area (Å²) in [7, 11) is 0. The molecule has 92 valence electrons. The van der Waals surface area contributed by atoms with Crippen molar-refractivity contribution in [2.24, 2.45) is 0 Å². The predicted octanol–water partition coefficient (Wildman–Crippen LogP) is 3.21. The highest BCUT2D eigenvalue weighted by molar-refractivity contribution is 6.22. The predicted molar refractivity (Wildman–Crippen MR) is 72.7 cm³/mol. The first-order chi connectivity index (χ1) is 8.68. The van der Waals surface area contributed by atoms with Gasteiger partial charge in [0.1, 0.15) is 5.75 Å². The Morgan fingerprint density at radius 3 is 2.22 bits per heavy atom. The molecule has 3 rings (SSSR count). The van der Waals surface area contributed by atoms with Crippen LogP contribution >= 0.6 is 0 Å². The summed E-state index contributed by atoms with van der Waals surface area (Å²) in [5, 5.41) is 9.50. The zero-order valence-electron chi connectivity index (χ0n) is 10.4. The van der Waals surface area contributed by atoms with Crippen molar-refractivity contribution in [1.29, 1.82) is 0 Å². The maximum Gasteiger partial charge on any atom is 0.194 e. The van der Waals surface area contributed by atoms with Gasteiger partial charge in [-0.2, -0.15) is 0 Å². The molecular formula is C15H15NO2. The van der Waals surface area contributed by atoms with Gasteiger partial charge in [0.05, 0.1) is 5.69 Å². The van der Waals surface area contributed by atoms with E-state index in [9.17, 15) is 9.90 Å². The third kappa shape index (κ3) is 1.64. The minimum Gasteiger partial charge on any atom is -0.506 e. The lowest BCUT2D eigenvalue weighted by molar-refractivity contribution is 0.104. The molecule has 0 saturated heterocycles. The van der Waals surface area contributed by atoms with Crippen molar-refractivity contribution >= 4 is 11.5 Å². The van der Waals surface area contributed by atoms with Crippen LogP contribution in [0.1, 0.15) is 29.8 Å². The molecule has 0 saturated carbocycles. The number of anilines is 1. The van der Waals surface area contributed by atoms with Gasteiger partial charge in [-0.05, 0) is 23.3 Å². The van der Waals surface area contributed by atoms with Crippen LogP contribution in [0.15, 0.2) is 36.4 Å². The number of rotatable bonds is 0. The van der Waals surface area contributed by atoms with Crippen LogP contribution in [0.2, 0.25) is 0 Å². The molecule has 0 aliphatic heterocycles. The van der Waals surface area contributed by atoms with Crippen molar-refractivity contribution < 1.29 is 9.90 Å². The van der Waals surface area contributed by atoms with E-state index < -0.39 is 0 Å². The number of benzene rings is 2. The lowest BCUT2D eigenvalue weighted by atomic mass is 10.1. The second-order valence-corrected chi connectivity index (χ2v) is 3.83. The number of phenols is 1. The smallest absolute Gasteiger partial charge is 0.194 e. The van der Waals surface area contributed by atoms with Gasteiger partial charge in [-0.25, -0.2) is 0 Å². The summed E-state index contributed by atoms with van der Waals surface area (Å²) < 4.78 is 0. The number of nitrogen functional groups attached to an aromatic ring is 1. The highest BCUT2D eigenvalue weighted by atomic mass is 16.3. The van der Waals surface area contributed by atoms with Crippen molar-refractivity contribution in [3.8, 4) is 16.9 Å². The molecule has 2 aromatic carbocycles. The Kier molecular flexibility index (Phi) is 3.06. The Hall–Kier alpha value is -2.29. The molecular weight excluding hydrogens is 226 g/mol. The van der Waals surface area contributed by atoms with Gasteiger partial charge in [-0.15, -0.1) is 0 Å². The summed E-state index contributed by atoms with van der Waals surface area (Å²) >= 11 is 0. The van der Waals surface area contributed by atoms with Gasteiger partial charge < -0.3 is 10.8 Å². The number of carbonyl (C=O) groups is 1. The van der Waals surface area contributed by atoms with E-state index in [-0.39, 0.29) is 11.5 Å². The number of phenolic OH excluding ortho intramolecular Hbond substituents is 1. The van der Waals surface area contributed by atoms with Gasteiger partial charge >= 0.3 is 0 Å². The highest BCUT2D eigenvalue weighted by Gasteiger charge is 2.27. The maximum absolute atomic E-state index is 12.0. The van der Waals surface area contributed by atoms with E-state index in [1.807, 2.05) is 32.0 Å². The third-order valence-corrected chi connectivity index (χ3v) is 2.87. The molecule has 0 spiro atoms. The van der Waals surface area contributed by atoms with Crippen LogP contribution in [-0.4, -0.2) is 10.9 Å². The minimum atomic E-state index is -0.0547. The van der Waals surface area contributed by atoms with E-state index in [2.05, 4.69) is 0 Å². The summed E-state index contributed by atoms with van der Waals surface area (Å²) in [4.78, 5) is 12.0. The second kappa shape index (κ2) is 4.53. The minimum absolute atomic E-state index is 0.0418. The molecule has 1 aliphatic carbocycles. The zero-order chi connectivity index (χ0) is 13.3. The summed E-state index contributed by atoms with van der Waals surface area (Å²) in [5.74, 6) is -0.0965. The molecule has 18 heavy (non-hydrogen) atoms. The average Bonchev–Trinajstić information content (AvgIpc) is 2.67. The van der Waals surface area contributed by atoms with Crippen LogP contribution in [0.3, 0.4) is 0 Å². The molecule has 0 fully saturated rings. The van der Waals surface area contributed by atoms with E-state index in [0.29, 0.717) is 16.8 Å². The van der Waals surface area contributed by atoms with E-state index in [0.717, 1.165) is 11.1 Å². The topological polar surface area (TPSA) is 63.3 Å². The summed E-state index contributed by atoms with van der Waals surface area (Å²) in [6.07, 6.45) is 0. The molecule has 1 aliphatic rings. The third-order valence-electron chi connectivity index (χ3n) is 2.87. The first kappa shape index (κ1) is 12.2. The van der Waals surface area contributed by atoms with Crippen LogP contribution in [-0.2, 0) is 0 Å². The summed E-state index contributed by atoms with van der Waals surface area (Å²) in [6, 6.07) is 10.5. The normalized spacial score (nSPS) is 11.3. The first-order valence-electron chi connectivity index (χ1n) is 5.95. The van der Waals surface area contributed by atoms with E-state index in [1.165, 1.54) is 6.07 Å². The molecule has 0 heterocycles. The Labute approximate surface area is 106 Å². The summed E-state index contributed by atoms with van der Waals surface area (Å²) in [5.41, 5.74) is 8.80. The molecule has 0 unspecified atom stereocenters. The molecule has 3 N–H and O–H groups in total. The second-order valence-electron chi connectivity index (χ2n) is 3.83. The average molecular weight is 241 g/mol. The Morgan fingerprint density at radius 2 is 1.56 bits per heavy atom. The van der Waals surface area contributed by atoms with Crippen LogP contribution < -0.4 is 5.73 Å². The number of hydrogen-bond acceptors (Lipinski definition) is 3. The van der Waals surface area contributed by atoms with E-state index in [1.54, 1.807) is 12.1 Å². The Balaban J connectivity index is 0.000000574. The quantitative estimate of drug-likeness (QED) is 0.469. The van der Waals surface area contributed by atoms with Crippen LogP contribution in [0.25, 0.3) is 11.1 Å². The highest BCUT2D eigenvalue weighted by Crippen LogP contribution is 2.40. The SMILES string of the molecule is CC.Nc1cc2c(cc1O)C(=O)c1ccccc1-2. The molecule has 3 nitrogen and oxygen atoms in total. The van der Waals surface area contributed by atoms with Crippen molar-refractivity contribution in [1.82, 2.24) is 0 Å². The van der Waals surface area contributed by atoms with Gasteiger partial charge in [0.2, 0.25) is 0 Å². The Bertz CT molecular complexity index is 618. The lowest BCUT2D eigenvalue weighted by Crippen LogP contribution is -1.95. The van der Waals surface area contributed by atoms with E-state index in [4.69, 9.17) is 5.73 Å². The first-order valence-corrected chi connectivity index (χ1v) is 5.95. The molecule has 2 aromatic rings. The van der Waals surface area contributed by atoms with Crippen molar-refractivity contribution in [3.05, 3.63) is 47.5 Å². The number of aromatic hydroxyl groups is 1.